The van der Waals surface area contributed by atoms with Crippen molar-refractivity contribution < 1.29 is 4.79 Å². The highest BCUT2D eigenvalue weighted by molar-refractivity contribution is 6.30. The number of carbonyl (C=O) groups is 1. The second kappa shape index (κ2) is 8.57. The van der Waals surface area contributed by atoms with E-state index < -0.39 is 0 Å². The Morgan fingerprint density at radius 3 is 2.41 bits per heavy atom. The molecule has 4 nitrogen and oxygen atoms in total. The van der Waals surface area contributed by atoms with Gasteiger partial charge in [0.05, 0.1) is 0 Å². The summed E-state index contributed by atoms with van der Waals surface area (Å²) in [5, 5.41) is 0.805. The van der Waals surface area contributed by atoms with E-state index in [9.17, 15) is 4.79 Å². The van der Waals surface area contributed by atoms with Gasteiger partial charge in [0.2, 0.25) is 5.91 Å². The molecule has 3 aliphatic rings. The van der Waals surface area contributed by atoms with Crippen LogP contribution in [0.1, 0.15) is 54.9 Å². The molecule has 1 aliphatic heterocycles. The molecule has 5 heteroatoms. The summed E-state index contributed by atoms with van der Waals surface area (Å²) < 4.78 is 0. The van der Waals surface area contributed by atoms with Gasteiger partial charge in [-0.2, -0.15) is 0 Å². The third-order valence-electron chi connectivity index (χ3n) is 7.75. The Morgan fingerprint density at radius 1 is 1.06 bits per heavy atom. The van der Waals surface area contributed by atoms with Crippen molar-refractivity contribution in [2.45, 2.75) is 45.1 Å². The van der Waals surface area contributed by atoms with E-state index in [0.717, 1.165) is 36.9 Å². The normalized spacial score (nSPS) is 22.9. The Kier molecular flexibility index (Phi) is 5.77. The van der Waals surface area contributed by atoms with Crippen LogP contribution in [0, 0.1) is 5.41 Å². The predicted molar refractivity (Wildman–Crippen MR) is 132 cm³/mol. The largest absolute Gasteiger partial charge is 0.369 e. The molecule has 2 N–H and O–H groups in total. The topological polar surface area (TPSA) is 49.6 Å². The van der Waals surface area contributed by atoms with Crippen molar-refractivity contribution in [1.82, 2.24) is 4.90 Å². The third kappa shape index (κ3) is 4.44. The zero-order chi connectivity index (χ0) is 22.3. The maximum absolute atomic E-state index is 11.4. The lowest BCUT2D eigenvalue weighted by molar-refractivity contribution is 0.100. The fourth-order valence-electron chi connectivity index (χ4n) is 5.52. The number of carbonyl (C=O) groups excluding carboxylic acids is 1. The fourth-order valence-corrected chi connectivity index (χ4v) is 5.64. The number of halogens is 1. The summed E-state index contributed by atoms with van der Waals surface area (Å²) in [4.78, 5) is 16.4. The monoisotopic (exact) mass is 449 g/mol. The van der Waals surface area contributed by atoms with Crippen molar-refractivity contribution in [2.75, 3.05) is 31.1 Å². The minimum atomic E-state index is -0.375. The predicted octanol–water partition coefficient (Wildman–Crippen LogP) is 5.37. The molecule has 1 spiro atoms. The second-order valence-corrected chi connectivity index (χ2v) is 10.4. The molecule has 2 fully saturated rings. The van der Waals surface area contributed by atoms with Crippen LogP contribution in [0.2, 0.25) is 5.02 Å². The van der Waals surface area contributed by atoms with Crippen LogP contribution in [0.3, 0.4) is 0 Å². The number of allylic oxidation sites excluding steroid dienone is 1. The van der Waals surface area contributed by atoms with Crippen LogP contribution in [-0.4, -0.2) is 43.0 Å². The Bertz CT molecular complexity index is 1020. The number of rotatable bonds is 5. The first-order chi connectivity index (χ1) is 15.4. The first kappa shape index (κ1) is 21.5. The Morgan fingerprint density at radius 2 is 1.78 bits per heavy atom. The molecular weight excluding hydrogens is 418 g/mol. The highest BCUT2D eigenvalue weighted by Gasteiger charge is 2.45. The third-order valence-corrected chi connectivity index (χ3v) is 8.00. The molecule has 2 aromatic rings. The summed E-state index contributed by atoms with van der Waals surface area (Å²) in [6.07, 6.45) is 6.58. The summed E-state index contributed by atoms with van der Waals surface area (Å²) in [5.41, 5.74) is 12.2. The molecule has 0 bridgehead atoms. The van der Waals surface area contributed by atoms with Gasteiger partial charge in [-0.15, -0.1) is 0 Å². The highest BCUT2D eigenvalue weighted by atomic mass is 35.5. The van der Waals surface area contributed by atoms with E-state index in [-0.39, 0.29) is 5.91 Å². The molecule has 1 saturated heterocycles. The minimum absolute atomic E-state index is 0.375. The van der Waals surface area contributed by atoms with E-state index >= 15 is 0 Å². The highest BCUT2D eigenvalue weighted by Crippen LogP contribution is 2.58. The van der Waals surface area contributed by atoms with Gasteiger partial charge in [-0.1, -0.05) is 29.3 Å². The first-order valence-electron chi connectivity index (χ1n) is 11.8. The van der Waals surface area contributed by atoms with Gasteiger partial charge >= 0.3 is 0 Å². The quantitative estimate of drug-likeness (QED) is 0.667. The average molecular weight is 450 g/mol. The second-order valence-electron chi connectivity index (χ2n) is 9.94. The van der Waals surface area contributed by atoms with Gasteiger partial charge in [-0.25, -0.2) is 0 Å². The molecule has 2 aromatic carbocycles. The fraction of sp³-hybridized carbons (Fsp3) is 0.444. The van der Waals surface area contributed by atoms with Crippen LogP contribution < -0.4 is 10.6 Å². The van der Waals surface area contributed by atoms with Crippen molar-refractivity contribution >= 4 is 28.8 Å². The molecule has 0 radical (unpaired) electrons. The first-order valence-corrected chi connectivity index (χ1v) is 12.2. The minimum Gasteiger partial charge on any atom is -0.369 e. The van der Waals surface area contributed by atoms with Gasteiger partial charge in [-0.05, 0) is 92.0 Å². The number of primary amides is 1. The maximum Gasteiger partial charge on any atom is 0.248 e. The van der Waals surface area contributed by atoms with Crippen molar-refractivity contribution in [1.29, 1.82) is 0 Å². The van der Waals surface area contributed by atoms with Gasteiger partial charge < -0.3 is 10.6 Å². The van der Waals surface area contributed by atoms with Gasteiger partial charge in [0.15, 0.2) is 0 Å². The van der Waals surface area contributed by atoms with E-state index in [1.54, 1.807) is 11.1 Å². The van der Waals surface area contributed by atoms with Crippen LogP contribution in [-0.2, 0) is 0 Å². The van der Waals surface area contributed by atoms with E-state index in [0.29, 0.717) is 17.0 Å². The number of nitrogens with zero attached hydrogens (tertiary/aromatic N) is 2. The lowest BCUT2D eigenvalue weighted by atomic mass is 9.78. The van der Waals surface area contributed by atoms with Crippen LogP contribution in [0.15, 0.2) is 54.1 Å². The van der Waals surface area contributed by atoms with Crippen LogP contribution in [0.25, 0.3) is 5.57 Å². The van der Waals surface area contributed by atoms with Gasteiger partial charge in [0.25, 0.3) is 0 Å². The number of anilines is 1. The van der Waals surface area contributed by atoms with E-state index in [2.05, 4.69) is 28.9 Å². The van der Waals surface area contributed by atoms with Crippen molar-refractivity contribution in [3.63, 3.8) is 0 Å². The molecule has 1 atom stereocenters. The molecule has 5 rings (SSSR count). The van der Waals surface area contributed by atoms with E-state index in [1.807, 2.05) is 36.4 Å². The number of amides is 1. The van der Waals surface area contributed by atoms with Crippen LogP contribution >= 0.6 is 11.6 Å². The van der Waals surface area contributed by atoms with Gasteiger partial charge in [-0.3, -0.25) is 9.69 Å². The van der Waals surface area contributed by atoms with Crippen molar-refractivity contribution in [3.05, 3.63) is 70.3 Å². The number of nitrogens with two attached hydrogens (primary N) is 1. The molecule has 0 aromatic heterocycles. The van der Waals surface area contributed by atoms with Crippen molar-refractivity contribution in [3.8, 4) is 0 Å². The molecule has 1 heterocycles. The van der Waals surface area contributed by atoms with Gasteiger partial charge in [0, 0.05) is 48.5 Å². The summed E-state index contributed by atoms with van der Waals surface area (Å²) >= 11 is 6.15. The molecule has 0 unspecified atom stereocenters. The Balaban J connectivity index is 1.31. The molecule has 1 saturated carbocycles. The molecule has 168 valence electrons. The SMILES string of the molecule is C[C@@H]1CN(c2ccc(C(N)=O)cc2)CCN1CC1=C(c2ccc(Cl)cc2)CCC2(CC2)C1. The summed E-state index contributed by atoms with van der Waals surface area (Å²) in [5.74, 6) is -0.375. The van der Waals surface area contributed by atoms with Gasteiger partial charge in [0.1, 0.15) is 0 Å². The average Bonchev–Trinajstić information content (AvgIpc) is 3.54. The maximum atomic E-state index is 11.4. The number of hydrogen-bond donors (Lipinski definition) is 1. The van der Waals surface area contributed by atoms with E-state index in [1.165, 1.54) is 37.7 Å². The molecule has 32 heavy (non-hydrogen) atoms. The van der Waals surface area contributed by atoms with E-state index in [4.69, 9.17) is 17.3 Å². The smallest absolute Gasteiger partial charge is 0.248 e. The lowest BCUT2D eigenvalue weighted by Crippen LogP contribution is -2.52. The number of benzene rings is 2. The number of piperazine rings is 1. The standard InChI is InChI=1S/C27H32ClN3O/c1-19-17-31(24-8-4-21(5-9-24)26(29)32)15-14-30(19)18-22-16-27(12-13-27)11-10-25(22)20-2-6-23(28)7-3-20/h2-9,19H,10-18H2,1H3,(H2,29,32)/t19-/m1/s1. The zero-order valence-electron chi connectivity index (χ0n) is 18.8. The molecular formula is C27H32ClN3O. The summed E-state index contributed by atoms with van der Waals surface area (Å²) in [6, 6.07) is 16.6. The molecule has 2 aliphatic carbocycles. The van der Waals surface area contributed by atoms with Crippen LogP contribution in [0.4, 0.5) is 5.69 Å². The lowest BCUT2D eigenvalue weighted by Gasteiger charge is -2.42. The molecule has 1 amide bonds. The van der Waals surface area contributed by atoms with Crippen LogP contribution in [0.5, 0.6) is 0 Å². The summed E-state index contributed by atoms with van der Waals surface area (Å²) in [6.45, 7) is 6.43. The Hall–Kier alpha value is -2.30. The summed E-state index contributed by atoms with van der Waals surface area (Å²) in [7, 11) is 0. The number of hydrogen-bond acceptors (Lipinski definition) is 3. The van der Waals surface area contributed by atoms with Crippen molar-refractivity contribution in [2.24, 2.45) is 11.1 Å². The zero-order valence-corrected chi connectivity index (χ0v) is 19.6. The Labute approximate surface area is 196 Å².